The smallest absolute Gasteiger partial charge is 0.322 e. The van der Waals surface area contributed by atoms with Crippen LogP contribution in [0.2, 0.25) is 0 Å². The van der Waals surface area contributed by atoms with Gasteiger partial charge in [-0.2, -0.15) is 5.10 Å². The highest BCUT2D eigenvalue weighted by Gasteiger charge is 2.33. The Morgan fingerprint density at radius 1 is 1.18 bits per heavy atom. The van der Waals surface area contributed by atoms with E-state index in [0.29, 0.717) is 13.1 Å². The summed E-state index contributed by atoms with van der Waals surface area (Å²) < 4.78 is 5.41. The van der Waals surface area contributed by atoms with Crippen molar-refractivity contribution in [2.24, 2.45) is 0 Å². The number of piperidine rings is 1. The number of anilines is 1. The van der Waals surface area contributed by atoms with Crippen LogP contribution in [0.5, 0.6) is 0 Å². The van der Waals surface area contributed by atoms with Gasteiger partial charge in [0.05, 0.1) is 17.8 Å². The summed E-state index contributed by atoms with van der Waals surface area (Å²) in [6, 6.07) is 10.2. The van der Waals surface area contributed by atoms with Crippen LogP contribution in [0, 0.1) is 13.8 Å². The van der Waals surface area contributed by atoms with Crippen molar-refractivity contribution >= 4 is 22.6 Å². The molecule has 9 nitrogen and oxygen atoms in total. The molecule has 1 saturated heterocycles. The van der Waals surface area contributed by atoms with E-state index >= 15 is 0 Å². The number of nitrogens with zero attached hydrogens (tertiary/aromatic N) is 5. The van der Waals surface area contributed by atoms with Crippen LogP contribution >= 0.6 is 0 Å². The number of fused-ring (bicyclic) bond motifs is 2. The minimum absolute atomic E-state index is 0.0429. The molecule has 2 aliphatic heterocycles. The second-order valence-corrected chi connectivity index (χ2v) is 9.34. The number of carbonyl (C=O) groups excluding carboxylic acids is 1. The maximum atomic E-state index is 13.1. The van der Waals surface area contributed by atoms with Crippen molar-refractivity contribution in [2.75, 3.05) is 18.4 Å². The Morgan fingerprint density at radius 2 is 2.09 bits per heavy atom. The van der Waals surface area contributed by atoms with Gasteiger partial charge in [-0.25, -0.2) is 4.79 Å². The van der Waals surface area contributed by atoms with E-state index in [4.69, 9.17) is 4.52 Å². The maximum absolute atomic E-state index is 13.1. The van der Waals surface area contributed by atoms with Crippen LogP contribution in [0.25, 0.3) is 22.2 Å². The van der Waals surface area contributed by atoms with Crippen molar-refractivity contribution in [2.45, 2.75) is 45.8 Å². The van der Waals surface area contributed by atoms with Gasteiger partial charge in [-0.05, 0) is 63.1 Å². The summed E-state index contributed by atoms with van der Waals surface area (Å²) in [6.45, 7) is 7.01. The predicted molar refractivity (Wildman–Crippen MR) is 128 cm³/mol. The fraction of sp³-hybridized carbons (Fsp3) is 0.360. The highest BCUT2D eigenvalue weighted by Crippen LogP contribution is 2.34. The third-order valence-electron chi connectivity index (χ3n) is 6.78. The number of likely N-dealkylation sites (tertiary alicyclic amines) is 1. The number of benzene rings is 1. The fourth-order valence-electron chi connectivity index (χ4n) is 5.15. The van der Waals surface area contributed by atoms with Crippen LogP contribution in [-0.2, 0) is 13.1 Å². The molecule has 3 aromatic heterocycles. The molecule has 34 heavy (non-hydrogen) atoms. The van der Waals surface area contributed by atoms with Crippen molar-refractivity contribution in [1.29, 1.82) is 0 Å². The normalized spacial score (nSPS) is 18.8. The highest BCUT2D eigenvalue weighted by atomic mass is 16.5. The molecule has 0 radical (unpaired) electrons. The Hall–Kier alpha value is -3.72. The van der Waals surface area contributed by atoms with Crippen molar-refractivity contribution in [1.82, 2.24) is 30.1 Å². The highest BCUT2D eigenvalue weighted by molar-refractivity contribution is 6.00. The standard InChI is InChI=1S/C25H27N7O2/c1-15-8-17(5-6-26-15)24-21-10-18-12-32(25(33)27-22(18)11-23(21)28-29-24)19-4-3-7-31(13-19)14-20-9-16(2)30-34-20/h5-6,8-11,19H,3-4,7,12-14H2,1-2H3,(H,27,33)(H,28,29)/t19-/m1/s1. The summed E-state index contributed by atoms with van der Waals surface area (Å²) in [5.74, 6) is 0.868. The number of aromatic nitrogens is 4. The Morgan fingerprint density at radius 3 is 2.91 bits per heavy atom. The number of nitrogens with one attached hydrogen (secondary N) is 2. The summed E-state index contributed by atoms with van der Waals surface area (Å²) in [5, 5.41) is 15.8. The number of amides is 2. The van der Waals surface area contributed by atoms with Crippen molar-refractivity contribution in [3.63, 3.8) is 0 Å². The number of hydrogen-bond acceptors (Lipinski definition) is 6. The van der Waals surface area contributed by atoms with Gasteiger partial charge < -0.3 is 14.7 Å². The first kappa shape index (κ1) is 20.9. The van der Waals surface area contributed by atoms with Crippen molar-refractivity contribution in [3.8, 4) is 11.3 Å². The molecule has 6 rings (SSSR count). The van der Waals surface area contributed by atoms with E-state index in [1.165, 1.54) is 0 Å². The number of aryl methyl sites for hydroxylation is 2. The molecule has 0 saturated carbocycles. The van der Waals surface area contributed by atoms with Gasteiger partial charge in [0.1, 0.15) is 5.69 Å². The van der Waals surface area contributed by atoms with E-state index in [1.807, 2.05) is 43.0 Å². The Balaban J connectivity index is 1.26. The van der Waals surface area contributed by atoms with Gasteiger partial charge in [0.2, 0.25) is 0 Å². The molecule has 0 unspecified atom stereocenters. The number of pyridine rings is 1. The maximum Gasteiger partial charge on any atom is 0.322 e. The van der Waals surface area contributed by atoms with Crippen LogP contribution in [0.3, 0.4) is 0 Å². The third kappa shape index (κ3) is 3.81. The van der Waals surface area contributed by atoms with Crippen LogP contribution in [-0.4, -0.2) is 55.3 Å². The van der Waals surface area contributed by atoms with Gasteiger partial charge in [-0.3, -0.25) is 15.0 Å². The zero-order valence-electron chi connectivity index (χ0n) is 19.3. The van der Waals surface area contributed by atoms with Gasteiger partial charge in [-0.15, -0.1) is 0 Å². The lowest BCUT2D eigenvalue weighted by Gasteiger charge is -2.41. The van der Waals surface area contributed by atoms with Crippen LogP contribution < -0.4 is 5.32 Å². The SMILES string of the molecule is Cc1cc(-c2n[nH]c3cc4c(cc23)CN([C@@H]2CCCN(Cc3cc(C)no3)C2)C(=O)N4)ccn1. The molecular formula is C25H27N7O2. The fourth-order valence-corrected chi connectivity index (χ4v) is 5.15. The zero-order chi connectivity index (χ0) is 23.2. The quantitative estimate of drug-likeness (QED) is 0.475. The van der Waals surface area contributed by atoms with E-state index in [-0.39, 0.29) is 12.1 Å². The van der Waals surface area contributed by atoms with Gasteiger partial charge in [0.25, 0.3) is 0 Å². The molecule has 5 heterocycles. The molecule has 1 fully saturated rings. The van der Waals surface area contributed by atoms with Crippen molar-refractivity contribution < 1.29 is 9.32 Å². The number of carbonyl (C=O) groups is 1. The van der Waals surface area contributed by atoms with Crippen molar-refractivity contribution in [3.05, 3.63) is 59.2 Å². The number of urea groups is 1. The molecule has 174 valence electrons. The zero-order valence-corrected chi connectivity index (χ0v) is 19.3. The van der Waals surface area contributed by atoms with Gasteiger partial charge in [0.15, 0.2) is 5.76 Å². The summed E-state index contributed by atoms with van der Waals surface area (Å²) >= 11 is 0. The van der Waals surface area contributed by atoms with Crippen LogP contribution in [0.4, 0.5) is 10.5 Å². The van der Waals surface area contributed by atoms with E-state index in [0.717, 1.165) is 76.5 Å². The summed E-state index contributed by atoms with van der Waals surface area (Å²) in [6.07, 6.45) is 3.84. The molecule has 0 spiro atoms. The lowest BCUT2D eigenvalue weighted by atomic mass is 9.99. The lowest BCUT2D eigenvalue weighted by molar-refractivity contribution is 0.102. The second-order valence-electron chi connectivity index (χ2n) is 9.34. The van der Waals surface area contributed by atoms with Gasteiger partial charge in [-0.1, -0.05) is 5.16 Å². The first-order valence-electron chi connectivity index (χ1n) is 11.7. The summed E-state index contributed by atoms with van der Waals surface area (Å²) in [7, 11) is 0. The summed E-state index contributed by atoms with van der Waals surface area (Å²) in [5.41, 5.74) is 6.63. The first-order valence-corrected chi connectivity index (χ1v) is 11.7. The Labute approximate surface area is 197 Å². The monoisotopic (exact) mass is 457 g/mol. The molecule has 2 amide bonds. The van der Waals surface area contributed by atoms with Crippen LogP contribution in [0.1, 0.15) is 35.6 Å². The van der Waals surface area contributed by atoms with Crippen LogP contribution in [0.15, 0.2) is 41.1 Å². The molecule has 0 bridgehead atoms. The molecule has 1 aromatic carbocycles. The van der Waals surface area contributed by atoms with Gasteiger partial charge in [0, 0.05) is 53.7 Å². The van der Waals surface area contributed by atoms with Gasteiger partial charge >= 0.3 is 6.03 Å². The number of H-pyrrole nitrogens is 1. The van der Waals surface area contributed by atoms with E-state index < -0.39 is 0 Å². The molecule has 0 aliphatic carbocycles. The topological polar surface area (TPSA) is 103 Å². The second kappa shape index (κ2) is 8.25. The molecule has 1 atom stereocenters. The molecule has 9 heteroatoms. The average Bonchev–Trinajstić information content (AvgIpc) is 3.42. The summed E-state index contributed by atoms with van der Waals surface area (Å²) in [4.78, 5) is 21.7. The minimum Gasteiger partial charge on any atom is -0.360 e. The largest absolute Gasteiger partial charge is 0.360 e. The van der Waals surface area contributed by atoms with E-state index in [2.05, 4.69) is 36.6 Å². The van der Waals surface area contributed by atoms with E-state index in [9.17, 15) is 4.79 Å². The van der Waals surface area contributed by atoms with E-state index in [1.54, 1.807) is 6.20 Å². The Kier molecular flexibility index (Phi) is 5.06. The molecule has 2 N–H and O–H groups in total. The Bertz CT molecular complexity index is 1370. The lowest BCUT2D eigenvalue weighted by Crippen LogP contribution is -2.52. The molecule has 2 aliphatic rings. The predicted octanol–water partition coefficient (Wildman–Crippen LogP) is 4.24. The number of aromatic amines is 1. The molecular weight excluding hydrogens is 430 g/mol. The molecule has 4 aromatic rings. The average molecular weight is 458 g/mol. The number of rotatable bonds is 4. The minimum atomic E-state index is -0.0429. The number of hydrogen-bond donors (Lipinski definition) is 2. The third-order valence-corrected chi connectivity index (χ3v) is 6.78. The first-order chi connectivity index (χ1) is 16.5.